The maximum absolute atomic E-state index is 12.1. The second-order valence-corrected chi connectivity index (χ2v) is 7.05. The van der Waals surface area contributed by atoms with Gasteiger partial charge in [0.2, 0.25) is 0 Å². The molecule has 108 valence electrons. The van der Waals surface area contributed by atoms with Crippen LogP contribution in [0.1, 0.15) is 20.8 Å². The number of carbonyl (C=O) groups is 1. The highest BCUT2D eigenvalue weighted by atomic mass is 32.1. The van der Waals surface area contributed by atoms with Gasteiger partial charge >= 0.3 is 0 Å². The van der Waals surface area contributed by atoms with Crippen LogP contribution in [0.2, 0.25) is 0 Å². The fourth-order valence-electron chi connectivity index (χ4n) is 2.05. The third-order valence-corrected chi connectivity index (χ3v) is 5.60. The molecule has 0 aliphatic carbocycles. The third-order valence-electron chi connectivity index (χ3n) is 3.22. The number of amides is 1. The maximum Gasteiger partial charge on any atom is 0.252 e. The fourth-order valence-corrected chi connectivity index (χ4v) is 4.25. The van der Waals surface area contributed by atoms with Gasteiger partial charge in [0.15, 0.2) is 0 Å². The standard InChI is InChI=1S/C15H13NO2S3/c17-14(11-3-6-19-8-11)16-10-15(18,12-4-7-20-9-12)13-2-1-5-21-13/h1-9,18H,10H2,(H,16,17)/t15-/m1/s1. The molecule has 21 heavy (non-hydrogen) atoms. The predicted molar refractivity (Wildman–Crippen MR) is 88.3 cm³/mol. The topological polar surface area (TPSA) is 49.3 Å². The molecule has 0 saturated heterocycles. The Hall–Kier alpha value is -1.47. The van der Waals surface area contributed by atoms with Crippen LogP contribution in [-0.2, 0) is 5.60 Å². The van der Waals surface area contributed by atoms with Crippen molar-refractivity contribution in [3.63, 3.8) is 0 Å². The molecule has 6 heteroatoms. The monoisotopic (exact) mass is 335 g/mol. The van der Waals surface area contributed by atoms with Gasteiger partial charge in [-0.1, -0.05) is 6.07 Å². The largest absolute Gasteiger partial charge is 0.378 e. The average Bonchev–Trinajstić information content (AvgIpc) is 3.27. The highest BCUT2D eigenvalue weighted by Crippen LogP contribution is 2.33. The molecule has 3 nitrogen and oxygen atoms in total. The number of carbonyl (C=O) groups excluding carboxylic acids is 1. The van der Waals surface area contributed by atoms with Crippen LogP contribution in [0.15, 0.2) is 51.2 Å². The first kappa shape index (κ1) is 14.5. The van der Waals surface area contributed by atoms with E-state index in [1.54, 1.807) is 11.4 Å². The minimum atomic E-state index is -1.18. The summed E-state index contributed by atoms with van der Waals surface area (Å²) in [6, 6.07) is 7.45. The minimum absolute atomic E-state index is 0.152. The van der Waals surface area contributed by atoms with E-state index in [1.165, 1.54) is 34.0 Å². The van der Waals surface area contributed by atoms with Crippen LogP contribution < -0.4 is 5.32 Å². The van der Waals surface area contributed by atoms with E-state index in [1.807, 2.05) is 39.7 Å². The summed E-state index contributed by atoms with van der Waals surface area (Å²) in [4.78, 5) is 12.9. The van der Waals surface area contributed by atoms with Crippen LogP contribution in [0.25, 0.3) is 0 Å². The van der Waals surface area contributed by atoms with E-state index in [2.05, 4.69) is 5.32 Å². The van der Waals surface area contributed by atoms with Crippen molar-refractivity contribution in [3.8, 4) is 0 Å². The molecule has 3 heterocycles. The Labute approximate surface area is 134 Å². The number of aliphatic hydroxyl groups is 1. The fraction of sp³-hybridized carbons (Fsp3) is 0.133. The Balaban J connectivity index is 1.83. The van der Waals surface area contributed by atoms with Crippen molar-refractivity contribution >= 4 is 39.9 Å². The van der Waals surface area contributed by atoms with Gasteiger partial charge in [-0.2, -0.15) is 22.7 Å². The summed E-state index contributed by atoms with van der Waals surface area (Å²) < 4.78 is 0. The van der Waals surface area contributed by atoms with Crippen LogP contribution in [0.4, 0.5) is 0 Å². The van der Waals surface area contributed by atoms with Crippen molar-refractivity contribution in [2.45, 2.75) is 5.60 Å². The molecule has 0 unspecified atom stereocenters. The molecule has 2 N–H and O–H groups in total. The molecule has 3 aromatic heterocycles. The molecule has 1 amide bonds. The van der Waals surface area contributed by atoms with E-state index in [-0.39, 0.29) is 12.5 Å². The molecule has 0 radical (unpaired) electrons. The summed E-state index contributed by atoms with van der Waals surface area (Å²) in [6.07, 6.45) is 0. The van der Waals surface area contributed by atoms with Crippen molar-refractivity contribution in [2.75, 3.05) is 6.54 Å². The van der Waals surface area contributed by atoms with Gasteiger partial charge in [-0.05, 0) is 39.7 Å². The lowest BCUT2D eigenvalue weighted by molar-refractivity contribution is 0.0721. The number of hydrogen-bond donors (Lipinski definition) is 2. The van der Waals surface area contributed by atoms with Gasteiger partial charge in [0.05, 0.1) is 6.54 Å². The summed E-state index contributed by atoms with van der Waals surface area (Å²) >= 11 is 4.49. The number of nitrogens with one attached hydrogen (secondary N) is 1. The molecule has 0 saturated carbocycles. The Bertz CT molecular complexity index is 653. The Morgan fingerprint density at radius 2 is 1.95 bits per heavy atom. The molecular formula is C15H13NO2S3. The van der Waals surface area contributed by atoms with Crippen molar-refractivity contribution in [3.05, 3.63) is 67.2 Å². The molecule has 3 rings (SSSR count). The first-order chi connectivity index (χ1) is 10.2. The molecule has 3 aromatic rings. The summed E-state index contributed by atoms with van der Waals surface area (Å²) in [7, 11) is 0. The zero-order valence-corrected chi connectivity index (χ0v) is 13.4. The van der Waals surface area contributed by atoms with E-state index in [0.29, 0.717) is 5.56 Å². The zero-order valence-electron chi connectivity index (χ0n) is 11.0. The highest BCUT2D eigenvalue weighted by Gasteiger charge is 2.33. The van der Waals surface area contributed by atoms with Gasteiger partial charge in [0.25, 0.3) is 5.91 Å². The lowest BCUT2D eigenvalue weighted by Gasteiger charge is -2.26. The van der Waals surface area contributed by atoms with Gasteiger partial charge in [0.1, 0.15) is 5.60 Å². The first-order valence-electron chi connectivity index (χ1n) is 6.29. The molecule has 0 aromatic carbocycles. The van der Waals surface area contributed by atoms with E-state index in [0.717, 1.165) is 10.4 Å². The van der Waals surface area contributed by atoms with Gasteiger partial charge in [-0.25, -0.2) is 0 Å². The zero-order chi connectivity index (χ0) is 14.7. The van der Waals surface area contributed by atoms with Crippen LogP contribution in [0.3, 0.4) is 0 Å². The lowest BCUT2D eigenvalue weighted by Crippen LogP contribution is -2.40. The molecule has 0 aliphatic heterocycles. The van der Waals surface area contributed by atoms with E-state index >= 15 is 0 Å². The average molecular weight is 335 g/mol. The van der Waals surface area contributed by atoms with Gasteiger partial charge in [-0.15, -0.1) is 11.3 Å². The van der Waals surface area contributed by atoms with Crippen LogP contribution >= 0.6 is 34.0 Å². The maximum atomic E-state index is 12.1. The predicted octanol–water partition coefficient (Wildman–Crippen LogP) is 3.54. The molecular weight excluding hydrogens is 322 g/mol. The summed E-state index contributed by atoms with van der Waals surface area (Å²) in [5.41, 5.74) is 0.249. The van der Waals surface area contributed by atoms with Gasteiger partial charge < -0.3 is 10.4 Å². The van der Waals surface area contributed by atoms with Crippen LogP contribution in [-0.4, -0.2) is 17.6 Å². The second kappa shape index (κ2) is 6.11. The molecule has 0 spiro atoms. The third kappa shape index (κ3) is 2.94. The van der Waals surface area contributed by atoms with Crippen molar-refractivity contribution in [1.29, 1.82) is 0 Å². The van der Waals surface area contributed by atoms with E-state index in [9.17, 15) is 9.90 Å². The number of hydrogen-bond acceptors (Lipinski definition) is 5. The molecule has 0 bridgehead atoms. The van der Waals surface area contributed by atoms with Crippen molar-refractivity contribution < 1.29 is 9.90 Å². The molecule has 0 fully saturated rings. The van der Waals surface area contributed by atoms with Crippen molar-refractivity contribution in [2.24, 2.45) is 0 Å². The second-order valence-electron chi connectivity index (χ2n) is 4.54. The Morgan fingerprint density at radius 1 is 1.14 bits per heavy atom. The summed E-state index contributed by atoms with van der Waals surface area (Å²) in [5, 5.41) is 23.3. The Morgan fingerprint density at radius 3 is 2.57 bits per heavy atom. The van der Waals surface area contributed by atoms with Crippen LogP contribution in [0.5, 0.6) is 0 Å². The van der Waals surface area contributed by atoms with Gasteiger partial charge in [0, 0.05) is 21.4 Å². The van der Waals surface area contributed by atoms with E-state index in [4.69, 9.17) is 0 Å². The first-order valence-corrected chi connectivity index (χ1v) is 9.06. The number of thiophene rings is 3. The summed E-state index contributed by atoms with van der Waals surface area (Å²) in [5.74, 6) is -0.165. The Kier molecular flexibility index (Phi) is 4.21. The lowest BCUT2D eigenvalue weighted by atomic mass is 9.94. The molecule has 0 aliphatic rings. The quantitative estimate of drug-likeness (QED) is 0.749. The van der Waals surface area contributed by atoms with Gasteiger partial charge in [-0.3, -0.25) is 4.79 Å². The smallest absolute Gasteiger partial charge is 0.252 e. The van der Waals surface area contributed by atoms with Crippen LogP contribution in [0, 0.1) is 0 Å². The minimum Gasteiger partial charge on any atom is -0.378 e. The SMILES string of the molecule is O=C(NC[C@@](O)(c1ccsc1)c1cccs1)c1ccsc1. The molecule has 1 atom stereocenters. The summed E-state index contributed by atoms with van der Waals surface area (Å²) in [6.45, 7) is 0.152. The normalized spacial score (nSPS) is 13.8. The van der Waals surface area contributed by atoms with Crippen molar-refractivity contribution in [1.82, 2.24) is 5.32 Å². The number of rotatable bonds is 5. The highest BCUT2D eigenvalue weighted by molar-refractivity contribution is 7.10. The van der Waals surface area contributed by atoms with E-state index < -0.39 is 5.60 Å².